The fourth-order valence-corrected chi connectivity index (χ4v) is 3.75. The first kappa shape index (κ1) is 18.8. The summed E-state index contributed by atoms with van der Waals surface area (Å²) in [5.41, 5.74) is 3.55. The number of hydrogen-bond donors (Lipinski definition) is 2. The second-order valence-electron chi connectivity index (χ2n) is 6.25. The van der Waals surface area contributed by atoms with E-state index in [9.17, 15) is 9.59 Å². The van der Waals surface area contributed by atoms with Crippen LogP contribution in [0.5, 0.6) is 0 Å². The van der Waals surface area contributed by atoms with Crippen LogP contribution in [-0.2, 0) is 17.8 Å². The number of nitrogens with zero attached hydrogens (tertiary/aromatic N) is 1. The van der Waals surface area contributed by atoms with Crippen LogP contribution in [0.3, 0.4) is 0 Å². The minimum atomic E-state index is -0.130. The Balaban J connectivity index is 1.64. The van der Waals surface area contributed by atoms with E-state index in [0.717, 1.165) is 22.7 Å². The molecule has 138 valence electrons. The van der Waals surface area contributed by atoms with E-state index in [-0.39, 0.29) is 11.8 Å². The average Bonchev–Trinajstić information content (AvgIpc) is 3.00. The van der Waals surface area contributed by atoms with E-state index >= 15 is 0 Å². The van der Waals surface area contributed by atoms with Crippen LogP contribution in [0.1, 0.15) is 38.4 Å². The van der Waals surface area contributed by atoms with E-state index in [2.05, 4.69) is 27.8 Å². The summed E-state index contributed by atoms with van der Waals surface area (Å²) in [6.45, 7) is 3.71. The number of nitrogens with one attached hydrogen (secondary N) is 2. The van der Waals surface area contributed by atoms with Crippen LogP contribution in [0.2, 0.25) is 0 Å². The van der Waals surface area contributed by atoms with Crippen molar-refractivity contribution in [1.82, 2.24) is 10.3 Å². The predicted molar refractivity (Wildman–Crippen MR) is 108 cm³/mol. The predicted octanol–water partition coefficient (Wildman–Crippen LogP) is 3.93. The molecule has 2 aromatic carbocycles. The fourth-order valence-electron chi connectivity index (χ4n) is 2.73. The van der Waals surface area contributed by atoms with Crippen molar-refractivity contribution in [2.75, 3.05) is 5.32 Å². The number of hydrogen-bond acceptors (Lipinski definition) is 4. The molecule has 0 spiro atoms. The van der Waals surface area contributed by atoms with Crippen LogP contribution in [0, 0.1) is 6.92 Å². The van der Waals surface area contributed by atoms with E-state index in [1.54, 1.807) is 0 Å². The molecule has 0 atom stereocenters. The number of thiazole rings is 1. The number of aryl methyl sites for hydroxylation is 1. The van der Waals surface area contributed by atoms with Crippen LogP contribution in [0.15, 0.2) is 54.6 Å². The largest absolute Gasteiger partial charge is 0.347 e. The van der Waals surface area contributed by atoms with Gasteiger partial charge in [-0.1, -0.05) is 42.5 Å². The lowest BCUT2D eigenvalue weighted by molar-refractivity contribution is -0.114. The summed E-state index contributed by atoms with van der Waals surface area (Å²) in [6.07, 6.45) is 0.721. The highest BCUT2D eigenvalue weighted by Gasteiger charge is 2.15. The van der Waals surface area contributed by atoms with Crippen molar-refractivity contribution in [1.29, 1.82) is 0 Å². The van der Waals surface area contributed by atoms with Crippen molar-refractivity contribution >= 4 is 28.8 Å². The SMILES string of the molecule is CC(=O)Nc1cccc(CNC(=O)c2sc(Cc3ccccc3)nc2C)c1. The van der Waals surface area contributed by atoms with Crippen LogP contribution in [0.25, 0.3) is 0 Å². The van der Waals surface area contributed by atoms with E-state index < -0.39 is 0 Å². The van der Waals surface area contributed by atoms with Crippen molar-refractivity contribution < 1.29 is 9.59 Å². The molecule has 2 N–H and O–H groups in total. The van der Waals surface area contributed by atoms with Gasteiger partial charge in [-0.05, 0) is 30.2 Å². The molecule has 6 heteroatoms. The quantitative estimate of drug-likeness (QED) is 0.682. The molecule has 0 aliphatic carbocycles. The van der Waals surface area contributed by atoms with Crippen molar-refractivity contribution in [3.63, 3.8) is 0 Å². The number of carbonyl (C=O) groups excluding carboxylic acids is 2. The number of carbonyl (C=O) groups is 2. The van der Waals surface area contributed by atoms with Gasteiger partial charge in [0.15, 0.2) is 0 Å². The van der Waals surface area contributed by atoms with Gasteiger partial charge >= 0.3 is 0 Å². The first-order valence-electron chi connectivity index (χ1n) is 8.66. The summed E-state index contributed by atoms with van der Waals surface area (Å²) < 4.78 is 0. The third kappa shape index (κ3) is 5.24. The normalized spacial score (nSPS) is 10.4. The maximum absolute atomic E-state index is 12.6. The summed E-state index contributed by atoms with van der Waals surface area (Å²) in [7, 11) is 0. The molecule has 0 saturated carbocycles. The third-order valence-electron chi connectivity index (χ3n) is 3.95. The molecule has 0 aliphatic rings. The molecule has 5 nitrogen and oxygen atoms in total. The molecule has 0 fully saturated rings. The maximum atomic E-state index is 12.6. The summed E-state index contributed by atoms with van der Waals surface area (Å²) in [5.74, 6) is -0.253. The van der Waals surface area contributed by atoms with Gasteiger partial charge in [0.2, 0.25) is 5.91 Å². The van der Waals surface area contributed by atoms with Crippen molar-refractivity contribution in [2.45, 2.75) is 26.8 Å². The Bertz CT molecular complexity index is 951. The molecule has 3 rings (SSSR count). The van der Waals surface area contributed by atoms with E-state index in [4.69, 9.17) is 0 Å². The summed E-state index contributed by atoms with van der Waals surface area (Å²) >= 11 is 1.43. The Labute approximate surface area is 162 Å². The second kappa shape index (κ2) is 8.60. The van der Waals surface area contributed by atoms with Gasteiger partial charge < -0.3 is 10.6 Å². The Morgan fingerprint density at radius 3 is 2.52 bits per heavy atom. The lowest BCUT2D eigenvalue weighted by atomic mass is 10.2. The number of amides is 2. The molecule has 0 unspecified atom stereocenters. The highest BCUT2D eigenvalue weighted by molar-refractivity contribution is 7.13. The highest BCUT2D eigenvalue weighted by Crippen LogP contribution is 2.21. The van der Waals surface area contributed by atoms with Gasteiger partial charge in [-0.15, -0.1) is 11.3 Å². The average molecular weight is 379 g/mol. The minimum Gasteiger partial charge on any atom is -0.347 e. The van der Waals surface area contributed by atoms with E-state index in [0.29, 0.717) is 17.1 Å². The Hall–Kier alpha value is -2.99. The second-order valence-corrected chi connectivity index (χ2v) is 7.33. The Morgan fingerprint density at radius 1 is 1.04 bits per heavy atom. The molecule has 1 aromatic heterocycles. The molecule has 27 heavy (non-hydrogen) atoms. The minimum absolute atomic E-state index is 0.123. The van der Waals surface area contributed by atoms with Gasteiger partial charge in [0, 0.05) is 25.6 Å². The van der Waals surface area contributed by atoms with Gasteiger partial charge in [-0.3, -0.25) is 9.59 Å². The van der Waals surface area contributed by atoms with Crippen LogP contribution < -0.4 is 10.6 Å². The van der Waals surface area contributed by atoms with Crippen LogP contribution >= 0.6 is 11.3 Å². The smallest absolute Gasteiger partial charge is 0.263 e. The molecule has 2 amide bonds. The van der Waals surface area contributed by atoms with E-state index in [1.165, 1.54) is 23.8 Å². The first-order chi connectivity index (χ1) is 13.0. The maximum Gasteiger partial charge on any atom is 0.263 e. The highest BCUT2D eigenvalue weighted by atomic mass is 32.1. The number of anilines is 1. The molecule has 0 bridgehead atoms. The molecule has 0 saturated heterocycles. The molecular weight excluding hydrogens is 358 g/mol. The third-order valence-corrected chi connectivity index (χ3v) is 5.10. The van der Waals surface area contributed by atoms with Crippen LogP contribution in [0.4, 0.5) is 5.69 Å². The zero-order valence-corrected chi connectivity index (χ0v) is 16.1. The van der Waals surface area contributed by atoms with Gasteiger partial charge in [-0.2, -0.15) is 0 Å². The molecule has 0 aliphatic heterocycles. The lowest BCUT2D eigenvalue weighted by Crippen LogP contribution is -2.22. The lowest BCUT2D eigenvalue weighted by Gasteiger charge is -2.07. The van der Waals surface area contributed by atoms with Crippen LogP contribution in [-0.4, -0.2) is 16.8 Å². The van der Waals surface area contributed by atoms with Crippen molar-refractivity contribution in [3.05, 3.63) is 81.3 Å². The van der Waals surface area contributed by atoms with Crippen molar-refractivity contribution in [3.8, 4) is 0 Å². The van der Waals surface area contributed by atoms with Gasteiger partial charge in [-0.25, -0.2) is 4.98 Å². The summed E-state index contributed by atoms with van der Waals surface area (Å²) in [6, 6.07) is 17.5. The Kier molecular flexibility index (Phi) is 5.98. The number of benzene rings is 2. The van der Waals surface area contributed by atoms with Gasteiger partial charge in [0.25, 0.3) is 5.91 Å². The zero-order valence-electron chi connectivity index (χ0n) is 15.3. The zero-order chi connectivity index (χ0) is 19.2. The van der Waals surface area contributed by atoms with Gasteiger partial charge in [0.05, 0.1) is 10.7 Å². The Morgan fingerprint density at radius 2 is 1.78 bits per heavy atom. The summed E-state index contributed by atoms with van der Waals surface area (Å²) in [4.78, 5) is 28.9. The number of rotatable bonds is 6. The fraction of sp³-hybridized carbons (Fsp3) is 0.190. The van der Waals surface area contributed by atoms with E-state index in [1.807, 2.05) is 49.4 Å². The molecule has 1 heterocycles. The van der Waals surface area contributed by atoms with Crippen molar-refractivity contribution in [2.24, 2.45) is 0 Å². The molecule has 0 radical (unpaired) electrons. The topological polar surface area (TPSA) is 71.1 Å². The summed E-state index contributed by atoms with van der Waals surface area (Å²) in [5, 5.41) is 6.60. The number of aromatic nitrogens is 1. The molecular formula is C21H21N3O2S. The molecule has 3 aromatic rings. The first-order valence-corrected chi connectivity index (χ1v) is 9.48. The monoisotopic (exact) mass is 379 g/mol. The standard InChI is InChI=1S/C21H21N3O2S/c1-14-20(27-19(23-14)12-16-7-4-3-5-8-16)21(26)22-13-17-9-6-10-18(11-17)24-15(2)25/h3-11H,12-13H2,1-2H3,(H,22,26)(H,24,25). The van der Waals surface area contributed by atoms with Gasteiger partial charge in [0.1, 0.15) is 4.88 Å².